The van der Waals surface area contributed by atoms with Crippen LogP contribution in [0.15, 0.2) is 60.8 Å². The predicted octanol–water partition coefficient (Wildman–Crippen LogP) is 24.2. The second-order valence-corrected chi connectivity index (χ2v) is 25.3. The van der Waals surface area contributed by atoms with E-state index in [4.69, 9.17) is 4.74 Å². The number of hydrogen-bond donors (Lipinski definition) is 3. The standard InChI is InChI=1S/C77H143NO5/c1-3-5-7-9-11-13-15-17-18-42-46-49-53-57-61-65-69-75(80)74(73-79)78-76(81)70-66-62-58-54-50-47-43-40-38-36-34-32-30-28-26-24-22-20-19-21-23-25-27-29-31-33-35-37-39-41-44-48-52-56-60-64-68-72-83-77(82)71-67-63-59-55-51-45-16-14-12-10-8-6-4-2/h8,10,14,16,19,21,25,27,65,69,74-75,79-80H,3-7,9,11-13,15,17-18,20,22-24,26,28-64,66-68,70-73H2,1-2H3,(H,78,81)/b10-8-,16-14-,21-19-,27-25-,69-65+. The predicted molar refractivity (Wildman–Crippen MR) is 365 cm³/mol. The van der Waals surface area contributed by atoms with Crippen LogP contribution in [0.2, 0.25) is 0 Å². The van der Waals surface area contributed by atoms with Crippen molar-refractivity contribution in [3.63, 3.8) is 0 Å². The van der Waals surface area contributed by atoms with Crippen molar-refractivity contribution in [1.29, 1.82) is 0 Å². The molecule has 3 N–H and O–H groups in total. The molecule has 0 aromatic heterocycles. The number of aliphatic hydroxyl groups excluding tert-OH is 2. The van der Waals surface area contributed by atoms with Gasteiger partial charge >= 0.3 is 5.97 Å². The fraction of sp³-hybridized carbons (Fsp3) is 0.844. The van der Waals surface area contributed by atoms with Gasteiger partial charge in [0.2, 0.25) is 5.91 Å². The third kappa shape index (κ3) is 68.5. The zero-order valence-electron chi connectivity index (χ0n) is 55.7. The lowest BCUT2D eigenvalue weighted by Crippen LogP contribution is -2.45. The van der Waals surface area contributed by atoms with Crippen LogP contribution in [0.1, 0.15) is 393 Å². The average molecular weight is 1160 g/mol. The molecule has 0 spiro atoms. The SMILES string of the molecule is CCC/C=C\C/C=C\CCCCCCCC(=O)OCCCCCCCCCCCCCCC/C=C\C/C=C\CCCCCCCCCCCCCCCCCCCC(=O)NC(CO)C(O)/C=C/CCCCCCCCCCCCCCCC. The Morgan fingerprint density at radius 2 is 0.627 bits per heavy atom. The Kier molecular flexibility index (Phi) is 69.9. The molecule has 486 valence electrons. The van der Waals surface area contributed by atoms with Gasteiger partial charge in [0.1, 0.15) is 0 Å². The van der Waals surface area contributed by atoms with Gasteiger partial charge in [-0.25, -0.2) is 0 Å². The first-order chi connectivity index (χ1) is 41.0. The maximum Gasteiger partial charge on any atom is 0.305 e. The van der Waals surface area contributed by atoms with Crippen LogP contribution in [-0.2, 0) is 14.3 Å². The van der Waals surface area contributed by atoms with Crippen molar-refractivity contribution in [2.75, 3.05) is 13.2 Å². The quantitative estimate of drug-likeness (QED) is 0.0320. The largest absolute Gasteiger partial charge is 0.466 e. The van der Waals surface area contributed by atoms with Gasteiger partial charge in [0.15, 0.2) is 0 Å². The molecular weight excluding hydrogens is 1020 g/mol. The fourth-order valence-electron chi connectivity index (χ4n) is 11.4. The molecule has 2 unspecified atom stereocenters. The van der Waals surface area contributed by atoms with Crippen LogP contribution >= 0.6 is 0 Å². The Bertz CT molecular complexity index is 1430. The molecule has 0 aliphatic carbocycles. The molecule has 0 saturated heterocycles. The van der Waals surface area contributed by atoms with Crippen molar-refractivity contribution in [1.82, 2.24) is 5.32 Å². The second-order valence-electron chi connectivity index (χ2n) is 25.3. The van der Waals surface area contributed by atoms with Crippen LogP contribution < -0.4 is 5.32 Å². The minimum atomic E-state index is -0.843. The number of esters is 1. The molecule has 0 aromatic carbocycles. The number of ether oxygens (including phenoxy) is 1. The van der Waals surface area contributed by atoms with Crippen molar-refractivity contribution in [3.8, 4) is 0 Å². The molecule has 0 aromatic rings. The molecule has 0 saturated carbocycles. The van der Waals surface area contributed by atoms with Gasteiger partial charge in [-0.1, -0.05) is 351 Å². The highest BCUT2D eigenvalue weighted by Crippen LogP contribution is 2.18. The number of aliphatic hydroxyl groups is 2. The molecule has 0 heterocycles. The molecule has 0 aliphatic rings. The summed E-state index contributed by atoms with van der Waals surface area (Å²) >= 11 is 0. The third-order valence-electron chi connectivity index (χ3n) is 17.0. The summed E-state index contributed by atoms with van der Waals surface area (Å²) in [6.45, 7) is 4.86. The highest BCUT2D eigenvalue weighted by molar-refractivity contribution is 5.76. The number of hydrogen-bond acceptors (Lipinski definition) is 5. The van der Waals surface area contributed by atoms with Gasteiger partial charge in [-0.2, -0.15) is 0 Å². The van der Waals surface area contributed by atoms with Gasteiger partial charge in [0, 0.05) is 12.8 Å². The van der Waals surface area contributed by atoms with E-state index in [2.05, 4.69) is 67.8 Å². The Morgan fingerprint density at radius 1 is 0.337 bits per heavy atom. The van der Waals surface area contributed by atoms with E-state index in [1.807, 2.05) is 6.08 Å². The van der Waals surface area contributed by atoms with E-state index >= 15 is 0 Å². The summed E-state index contributed by atoms with van der Waals surface area (Å²) < 4.78 is 5.48. The van der Waals surface area contributed by atoms with Crippen LogP contribution in [0.5, 0.6) is 0 Å². The third-order valence-corrected chi connectivity index (χ3v) is 17.0. The highest BCUT2D eigenvalue weighted by atomic mass is 16.5. The molecule has 0 radical (unpaired) electrons. The van der Waals surface area contributed by atoms with E-state index < -0.39 is 12.1 Å². The smallest absolute Gasteiger partial charge is 0.305 e. The first-order valence-electron chi connectivity index (χ1n) is 37.1. The molecule has 6 nitrogen and oxygen atoms in total. The van der Waals surface area contributed by atoms with Gasteiger partial charge in [0.25, 0.3) is 0 Å². The van der Waals surface area contributed by atoms with Crippen LogP contribution in [0.3, 0.4) is 0 Å². The molecule has 0 fully saturated rings. The summed E-state index contributed by atoms with van der Waals surface area (Å²) in [6, 6.07) is -0.627. The summed E-state index contributed by atoms with van der Waals surface area (Å²) in [6.07, 6.45) is 96.1. The summed E-state index contributed by atoms with van der Waals surface area (Å²) in [5.74, 6) is -0.0601. The number of amides is 1. The number of carbonyl (C=O) groups is 2. The van der Waals surface area contributed by atoms with Gasteiger partial charge in [-0.15, -0.1) is 0 Å². The number of nitrogens with one attached hydrogen (secondary N) is 1. The Morgan fingerprint density at radius 3 is 0.964 bits per heavy atom. The van der Waals surface area contributed by atoms with Gasteiger partial charge in [-0.3, -0.25) is 9.59 Å². The van der Waals surface area contributed by atoms with Crippen LogP contribution in [0.4, 0.5) is 0 Å². The number of rotatable bonds is 69. The van der Waals surface area contributed by atoms with E-state index in [0.717, 1.165) is 57.8 Å². The molecule has 0 rings (SSSR count). The van der Waals surface area contributed by atoms with Crippen molar-refractivity contribution in [2.24, 2.45) is 0 Å². The minimum absolute atomic E-state index is 0.00298. The lowest BCUT2D eigenvalue weighted by molar-refractivity contribution is -0.143. The zero-order chi connectivity index (χ0) is 59.9. The number of carbonyl (C=O) groups excluding carboxylic acids is 2. The van der Waals surface area contributed by atoms with Crippen LogP contribution in [-0.4, -0.2) is 47.4 Å². The molecule has 83 heavy (non-hydrogen) atoms. The molecule has 0 aliphatic heterocycles. The summed E-state index contributed by atoms with van der Waals surface area (Å²) in [4.78, 5) is 24.5. The van der Waals surface area contributed by atoms with Crippen molar-refractivity contribution < 1.29 is 24.5 Å². The average Bonchev–Trinajstić information content (AvgIpc) is 3.49. The summed E-state index contributed by atoms with van der Waals surface area (Å²) in [7, 11) is 0. The van der Waals surface area contributed by atoms with E-state index in [1.165, 1.54) is 308 Å². The van der Waals surface area contributed by atoms with E-state index in [0.29, 0.717) is 19.4 Å². The zero-order valence-corrected chi connectivity index (χ0v) is 55.7. The number of unbranched alkanes of at least 4 members (excludes halogenated alkanes) is 50. The maximum atomic E-state index is 12.5. The molecular formula is C77H143NO5. The Balaban J connectivity index is 3.38. The van der Waals surface area contributed by atoms with Gasteiger partial charge < -0.3 is 20.3 Å². The lowest BCUT2D eigenvalue weighted by Gasteiger charge is -2.20. The monoisotopic (exact) mass is 1160 g/mol. The topological polar surface area (TPSA) is 95.9 Å². The van der Waals surface area contributed by atoms with Crippen molar-refractivity contribution >= 4 is 11.9 Å². The van der Waals surface area contributed by atoms with Gasteiger partial charge in [-0.05, 0) is 89.9 Å². The molecule has 2 atom stereocenters. The molecule has 1 amide bonds. The Hall–Kier alpha value is -2.44. The van der Waals surface area contributed by atoms with E-state index in [1.54, 1.807) is 6.08 Å². The number of allylic oxidation sites excluding steroid dienone is 9. The Labute approximate surface area is 518 Å². The normalized spacial score (nSPS) is 12.9. The van der Waals surface area contributed by atoms with Gasteiger partial charge in [0.05, 0.1) is 25.4 Å². The molecule has 6 heteroatoms. The van der Waals surface area contributed by atoms with Crippen molar-refractivity contribution in [3.05, 3.63) is 60.8 Å². The second kappa shape index (κ2) is 72.0. The van der Waals surface area contributed by atoms with E-state index in [9.17, 15) is 19.8 Å². The van der Waals surface area contributed by atoms with E-state index in [-0.39, 0.29) is 18.5 Å². The van der Waals surface area contributed by atoms with Crippen molar-refractivity contribution in [2.45, 2.75) is 405 Å². The first kappa shape index (κ1) is 80.6. The first-order valence-corrected chi connectivity index (χ1v) is 37.1. The molecule has 0 bridgehead atoms. The summed E-state index contributed by atoms with van der Waals surface area (Å²) in [5, 5.41) is 23.2. The van der Waals surface area contributed by atoms with Crippen LogP contribution in [0.25, 0.3) is 0 Å². The maximum absolute atomic E-state index is 12.5. The van der Waals surface area contributed by atoms with Crippen LogP contribution in [0, 0.1) is 0 Å². The lowest BCUT2D eigenvalue weighted by atomic mass is 10.0. The summed E-state index contributed by atoms with van der Waals surface area (Å²) in [5.41, 5.74) is 0. The minimum Gasteiger partial charge on any atom is -0.466 e. The highest BCUT2D eigenvalue weighted by Gasteiger charge is 2.18. The fourth-order valence-corrected chi connectivity index (χ4v) is 11.4.